The van der Waals surface area contributed by atoms with Crippen LogP contribution in [0.15, 0.2) is 30.6 Å². The number of aliphatic hydroxyl groups is 1. The Kier molecular flexibility index (Phi) is 5.65. The molecule has 0 bridgehead atoms. The van der Waals surface area contributed by atoms with E-state index in [4.69, 9.17) is 18.9 Å². The number of esters is 1. The summed E-state index contributed by atoms with van der Waals surface area (Å²) in [6.07, 6.45) is 1.70. The Morgan fingerprint density at radius 1 is 1.36 bits per heavy atom. The fourth-order valence-corrected chi connectivity index (χ4v) is 3.44. The molecule has 1 aliphatic rings. The van der Waals surface area contributed by atoms with E-state index in [0.29, 0.717) is 16.9 Å². The predicted octanol–water partition coefficient (Wildman–Crippen LogP) is 0.916. The summed E-state index contributed by atoms with van der Waals surface area (Å²) in [5.74, 6) is -0.0719. The van der Waals surface area contributed by atoms with E-state index in [-0.39, 0.29) is 18.8 Å². The smallest absolute Gasteiger partial charge is 0.341 e. The molecular formula is C19H21N3O6. The SMILES string of the molecule is COCC1(COC)Oc2ccc(C#N)cc2[C@@H](n2cc(C(=O)OC)cn2)[C@@H]1O. The third-order valence-corrected chi connectivity index (χ3v) is 4.69. The molecule has 2 aromatic rings. The molecule has 1 aromatic heterocycles. The average molecular weight is 387 g/mol. The topological polar surface area (TPSA) is 116 Å². The zero-order valence-corrected chi connectivity index (χ0v) is 15.8. The van der Waals surface area contributed by atoms with Gasteiger partial charge in [-0.2, -0.15) is 10.4 Å². The van der Waals surface area contributed by atoms with Crippen LogP contribution in [0.25, 0.3) is 0 Å². The minimum atomic E-state index is -1.20. The van der Waals surface area contributed by atoms with Crippen molar-refractivity contribution in [2.75, 3.05) is 34.5 Å². The van der Waals surface area contributed by atoms with Gasteiger partial charge in [0.05, 0.1) is 43.7 Å². The van der Waals surface area contributed by atoms with Crippen LogP contribution in [0.4, 0.5) is 0 Å². The largest absolute Gasteiger partial charge is 0.479 e. The molecule has 148 valence electrons. The molecule has 1 aromatic carbocycles. The molecule has 0 amide bonds. The van der Waals surface area contributed by atoms with Gasteiger partial charge in [-0.1, -0.05) is 0 Å². The first-order valence-electron chi connectivity index (χ1n) is 8.51. The van der Waals surface area contributed by atoms with Crippen LogP contribution in [0.5, 0.6) is 5.75 Å². The molecular weight excluding hydrogens is 366 g/mol. The van der Waals surface area contributed by atoms with Gasteiger partial charge in [-0.05, 0) is 18.2 Å². The van der Waals surface area contributed by atoms with Crippen molar-refractivity contribution in [2.24, 2.45) is 0 Å². The third kappa shape index (κ3) is 3.33. The molecule has 9 nitrogen and oxygen atoms in total. The Bertz CT molecular complexity index is 897. The highest BCUT2D eigenvalue weighted by Gasteiger charge is 2.51. The van der Waals surface area contributed by atoms with Crippen LogP contribution in [0.2, 0.25) is 0 Å². The van der Waals surface area contributed by atoms with E-state index >= 15 is 0 Å². The van der Waals surface area contributed by atoms with Gasteiger partial charge in [0.25, 0.3) is 0 Å². The molecule has 9 heteroatoms. The van der Waals surface area contributed by atoms with E-state index in [2.05, 4.69) is 11.2 Å². The highest BCUT2D eigenvalue weighted by molar-refractivity contribution is 5.88. The minimum Gasteiger partial charge on any atom is -0.479 e. The van der Waals surface area contributed by atoms with Gasteiger partial charge >= 0.3 is 5.97 Å². The summed E-state index contributed by atoms with van der Waals surface area (Å²) < 4.78 is 22.9. The summed E-state index contributed by atoms with van der Waals surface area (Å²) in [5.41, 5.74) is 0.00947. The second-order valence-electron chi connectivity index (χ2n) is 6.49. The van der Waals surface area contributed by atoms with Gasteiger partial charge in [0, 0.05) is 26.0 Å². The van der Waals surface area contributed by atoms with E-state index in [1.807, 2.05) is 0 Å². The average Bonchev–Trinajstić information content (AvgIpc) is 3.18. The molecule has 0 fully saturated rings. The zero-order valence-electron chi connectivity index (χ0n) is 15.8. The number of nitriles is 1. The van der Waals surface area contributed by atoms with E-state index in [1.165, 1.54) is 38.4 Å². The first-order chi connectivity index (χ1) is 13.5. The zero-order chi connectivity index (χ0) is 20.3. The van der Waals surface area contributed by atoms with Crippen LogP contribution < -0.4 is 4.74 Å². The van der Waals surface area contributed by atoms with Gasteiger partial charge in [0.15, 0.2) is 5.60 Å². The second-order valence-corrected chi connectivity index (χ2v) is 6.49. The number of rotatable bonds is 6. The van der Waals surface area contributed by atoms with E-state index in [0.717, 1.165) is 0 Å². The Morgan fingerprint density at radius 2 is 2.07 bits per heavy atom. The lowest BCUT2D eigenvalue weighted by Gasteiger charge is -2.45. The highest BCUT2D eigenvalue weighted by Crippen LogP contribution is 2.42. The summed E-state index contributed by atoms with van der Waals surface area (Å²) in [4.78, 5) is 11.8. The molecule has 28 heavy (non-hydrogen) atoms. The van der Waals surface area contributed by atoms with Crippen LogP contribution >= 0.6 is 0 Å². The van der Waals surface area contributed by atoms with Crippen LogP contribution in [0.3, 0.4) is 0 Å². The summed E-state index contributed by atoms with van der Waals surface area (Å²) in [5, 5.41) is 24.8. The van der Waals surface area contributed by atoms with Crippen molar-refractivity contribution in [2.45, 2.75) is 17.7 Å². The number of aromatic nitrogens is 2. The number of aliphatic hydroxyl groups excluding tert-OH is 1. The van der Waals surface area contributed by atoms with Gasteiger partial charge in [-0.15, -0.1) is 0 Å². The summed E-state index contributed by atoms with van der Waals surface area (Å²) >= 11 is 0. The molecule has 1 aliphatic heterocycles. The van der Waals surface area contributed by atoms with Crippen molar-refractivity contribution < 1.29 is 28.8 Å². The maximum Gasteiger partial charge on any atom is 0.341 e. The van der Waals surface area contributed by atoms with Crippen molar-refractivity contribution in [1.82, 2.24) is 9.78 Å². The Hall–Kier alpha value is -2.93. The molecule has 0 saturated heterocycles. The summed E-state index contributed by atoms with van der Waals surface area (Å²) in [7, 11) is 4.28. The fourth-order valence-electron chi connectivity index (χ4n) is 3.44. The maximum atomic E-state index is 11.8. The summed E-state index contributed by atoms with van der Waals surface area (Å²) in [6, 6.07) is 6.26. The molecule has 1 N–H and O–H groups in total. The van der Waals surface area contributed by atoms with Crippen LogP contribution in [-0.2, 0) is 14.2 Å². The van der Waals surface area contributed by atoms with Crippen molar-refractivity contribution in [3.8, 4) is 11.8 Å². The number of hydrogen-bond donors (Lipinski definition) is 1. The van der Waals surface area contributed by atoms with Crippen molar-refractivity contribution in [1.29, 1.82) is 5.26 Å². The third-order valence-electron chi connectivity index (χ3n) is 4.69. The van der Waals surface area contributed by atoms with Crippen LogP contribution in [-0.4, -0.2) is 67.1 Å². The number of nitrogens with zero attached hydrogens (tertiary/aromatic N) is 3. The normalized spacial score (nSPS) is 20.0. The number of carbonyl (C=O) groups excluding carboxylic acids is 1. The van der Waals surface area contributed by atoms with Gasteiger partial charge < -0.3 is 24.1 Å². The second kappa shape index (κ2) is 7.98. The first kappa shape index (κ1) is 19.8. The Balaban J connectivity index is 2.16. The lowest BCUT2D eigenvalue weighted by Crippen LogP contribution is -2.60. The van der Waals surface area contributed by atoms with Crippen molar-refractivity contribution >= 4 is 5.97 Å². The number of carbonyl (C=O) groups is 1. The molecule has 0 radical (unpaired) electrons. The molecule has 2 heterocycles. The van der Waals surface area contributed by atoms with Gasteiger partial charge in [-0.25, -0.2) is 4.79 Å². The fraction of sp³-hybridized carbons (Fsp3) is 0.421. The number of fused-ring (bicyclic) bond motifs is 1. The van der Waals surface area contributed by atoms with E-state index in [1.54, 1.807) is 18.2 Å². The summed E-state index contributed by atoms with van der Waals surface area (Å²) in [6.45, 7) is 0.117. The lowest BCUT2D eigenvalue weighted by molar-refractivity contribution is -0.149. The van der Waals surface area contributed by atoms with Gasteiger partial charge in [-0.3, -0.25) is 4.68 Å². The van der Waals surface area contributed by atoms with Gasteiger partial charge in [0.2, 0.25) is 0 Å². The monoisotopic (exact) mass is 387 g/mol. The number of ether oxygens (including phenoxy) is 4. The molecule has 0 aliphatic carbocycles. The Labute approximate surface area is 162 Å². The predicted molar refractivity (Wildman–Crippen MR) is 96.0 cm³/mol. The number of methoxy groups -OCH3 is 3. The Morgan fingerprint density at radius 3 is 2.68 bits per heavy atom. The number of hydrogen-bond acceptors (Lipinski definition) is 8. The van der Waals surface area contributed by atoms with Crippen LogP contribution in [0, 0.1) is 11.3 Å². The molecule has 2 atom stereocenters. The number of benzene rings is 1. The standard InChI is InChI=1S/C19H21N3O6/c1-25-10-19(11-26-2)17(23)16(22-9-13(8-21-22)18(24)27-3)14-6-12(7-20)4-5-15(14)28-19/h4-6,8-9,16-17,23H,10-11H2,1-3H3/t16-,17+/m1/s1. The highest BCUT2D eigenvalue weighted by atomic mass is 16.6. The van der Waals surface area contributed by atoms with Crippen LogP contribution in [0.1, 0.15) is 27.5 Å². The van der Waals surface area contributed by atoms with E-state index < -0.39 is 23.7 Å². The molecule has 3 rings (SSSR count). The molecule has 0 spiro atoms. The molecule has 0 unspecified atom stereocenters. The first-order valence-corrected chi connectivity index (χ1v) is 8.51. The van der Waals surface area contributed by atoms with Crippen molar-refractivity contribution in [3.05, 3.63) is 47.3 Å². The van der Waals surface area contributed by atoms with Crippen molar-refractivity contribution in [3.63, 3.8) is 0 Å². The van der Waals surface area contributed by atoms with Gasteiger partial charge in [0.1, 0.15) is 17.9 Å². The quantitative estimate of drug-likeness (QED) is 0.728. The van der Waals surface area contributed by atoms with E-state index in [9.17, 15) is 15.2 Å². The molecule has 0 saturated carbocycles. The lowest BCUT2D eigenvalue weighted by atomic mass is 9.84. The maximum absolute atomic E-state index is 11.8. The minimum absolute atomic E-state index is 0.0586.